The third-order valence-corrected chi connectivity index (χ3v) is 3.28. The fraction of sp³-hybridized carbons (Fsp3) is 0.200. The van der Waals surface area contributed by atoms with Gasteiger partial charge in [-0.15, -0.1) is 0 Å². The van der Waals surface area contributed by atoms with Gasteiger partial charge in [-0.3, -0.25) is 0 Å². The molecule has 106 valence electrons. The fourth-order valence-corrected chi connectivity index (χ4v) is 2.23. The lowest BCUT2D eigenvalue weighted by Crippen LogP contribution is -2.09. The molecule has 5 heteroatoms. The Bertz CT molecular complexity index is 615. The molecule has 2 rings (SSSR count). The summed E-state index contributed by atoms with van der Waals surface area (Å²) < 4.78 is 0. The Morgan fingerprint density at radius 2 is 1.85 bits per heavy atom. The zero-order valence-corrected chi connectivity index (χ0v) is 12.1. The van der Waals surface area contributed by atoms with Crippen molar-refractivity contribution in [1.29, 1.82) is 0 Å². The van der Waals surface area contributed by atoms with Gasteiger partial charge < -0.3 is 20.4 Å². The summed E-state index contributed by atoms with van der Waals surface area (Å²) in [7, 11) is 3.87. The number of halogens is 1. The maximum absolute atomic E-state index is 9.71. The smallest absolute Gasteiger partial charge is 0.124 e. The standard InChI is InChI=1S/C15H17ClN2O2/c1-18(2)14-6-4-11(7-13(14)16)17-9-10-3-5-12(19)8-15(10)20/h3-8,17,19-20H,9H2,1-2H3. The topological polar surface area (TPSA) is 55.7 Å². The summed E-state index contributed by atoms with van der Waals surface area (Å²) in [6, 6.07) is 10.2. The highest BCUT2D eigenvalue weighted by Gasteiger charge is 2.05. The Balaban J connectivity index is 2.09. The minimum atomic E-state index is 0.0460. The van der Waals surface area contributed by atoms with Gasteiger partial charge in [0.05, 0.1) is 10.7 Å². The van der Waals surface area contributed by atoms with E-state index in [2.05, 4.69) is 5.32 Å². The van der Waals surface area contributed by atoms with E-state index in [1.54, 1.807) is 12.1 Å². The molecule has 0 heterocycles. The highest BCUT2D eigenvalue weighted by molar-refractivity contribution is 6.33. The van der Waals surface area contributed by atoms with E-state index in [0.717, 1.165) is 11.4 Å². The molecule has 3 N–H and O–H groups in total. The van der Waals surface area contributed by atoms with E-state index in [-0.39, 0.29) is 11.5 Å². The van der Waals surface area contributed by atoms with E-state index in [1.807, 2.05) is 37.2 Å². The summed E-state index contributed by atoms with van der Waals surface area (Å²) in [5, 5.41) is 22.8. The van der Waals surface area contributed by atoms with Gasteiger partial charge in [0, 0.05) is 38.0 Å². The van der Waals surface area contributed by atoms with Crippen LogP contribution in [0.3, 0.4) is 0 Å². The van der Waals surface area contributed by atoms with Crippen molar-refractivity contribution in [1.82, 2.24) is 0 Å². The Kier molecular flexibility index (Phi) is 4.25. The van der Waals surface area contributed by atoms with Gasteiger partial charge in [0.15, 0.2) is 0 Å². The maximum Gasteiger partial charge on any atom is 0.124 e. The second-order valence-electron chi connectivity index (χ2n) is 4.73. The summed E-state index contributed by atoms with van der Waals surface area (Å²) in [6.07, 6.45) is 0. The monoisotopic (exact) mass is 292 g/mol. The van der Waals surface area contributed by atoms with Crippen LogP contribution >= 0.6 is 11.6 Å². The lowest BCUT2D eigenvalue weighted by Gasteiger charge is -2.16. The Morgan fingerprint density at radius 1 is 1.10 bits per heavy atom. The van der Waals surface area contributed by atoms with Crippen molar-refractivity contribution in [2.45, 2.75) is 6.54 Å². The number of hydrogen-bond donors (Lipinski definition) is 3. The molecule has 0 amide bonds. The van der Waals surface area contributed by atoms with Gasteiger partial charge in [-0.05, 0) is 30.3 Å². The molecular weight excluding hydrogens is 276 g/mol. The van der Waals surface area contributed by atoms with E-state index >= 15 is 0 Å². The molecule has 2 aromatic carbocycles. The van der Waals surface area contributed by atoms with Crippen molar-refractivity contribution in [3.63, 3.8) is 0 Å². The minimum absolute atomic E-state index is 0.0460. The van der Waals surface area contributed by atoms with Crippen molar-refractivity contribution in [2.75, 3.05) is 24.3 Å². The van der Waals surface area contributed by atoms with Gasteiger partial charge in [0.1, 0.15) is 11.5 Å². The predicted molar refractivity (Wildman–Crippen MR) is 82.9 cm³/mol. The van der Waals surface area contributed by atoms with E-state index in [9.17, 15) is 10.2 Å². The van der Waals surface area contributed by atoms with Crippen molar-refractivity contribution in [3.8, 4) is 11.5 Å². The van der Waals surface area contributed by atoms with E-state index in [4.69, 9.17) is 11.6 Å². The summed E-state index contributed by atoms with van der Waals surface area (Å²) in [6.45, 7) is 0.448. The number of nitrogens with one attached hydrogen (secondary N) is 1. The lowest BCUT2D eigenvalue weighted by atomic mass is 10.2. The van der Waals surface area contributed by atoms with Crippen molar-refractivity contribution < 1.29 is 10.2 Å². The zero-order valence-electron chi connectivity index (χ0n) is 11.4. The van der Waals surface area contributed by atoms with Crippen LogP contribution in [-0.4, -0.2) is 24.3 Å². The first-order valence-corrected chi connectivity index (χ1v) is 6.57. The highest BCUT2D eigenvalue weighted by atomic mass is 35.5. The second-order valence-corrected chi connectivity index (χ2v) is 5.13. The van der Waals surface area contributed by atoms with E-state index in [1.165, 1.54) is 6.07 Å². The van der Waals surface area contributed by atoms with Crippen LogP contribution in [0.25, 0.3) is 0 Å². The zero-order chi connectivity index (χ0) is 14.7. The number of benzene rings is 2. The molecule has 0 bridgehead atoms. The molecule has 0 saturated carbocycles. The molecular formula is C15H17ClN2O2. The van der Waals surface area contributed by atoms with Crippen LogP contribution in [0.5, 0.6) is 11.5 Å². The molecule has 0 unspecified atom stereocenters. The second kappa shape index (κ2) is 5.92. The van der Waals surface area contributed by atoms with E-state index < -0.39 is 0 Å². The predicted octanol–water partition coefficient (Wildman–Crippen LogP) is 3.43. The van der Waals surface area contributed by atoms with Crippen LogP contribution in [0.1, 0.15) is 5.56 Å². The molecule has 0 saturated heterocycles. The molecule has 2 aromatic rings. The summed E-state index contributed by atoms with van der Waals surface area (Å²) >= 11 is 6.19. The molecule has 20 heavy (non-hydrogen) atoms. The number of phenolic OH excluding ortho intramolecular Hbond substituents is 2. The summed E-state index contributed by atoms with van der Waals surface area (Å²) in [4.78, 5) is 1.94. The Hall–Kier alpha value is -2.07. The maximum atomic E-state index is 9.71. The third-order valence-electron chi connectivity index (χ3n) is 2.98. The first kappa shape index (κ1) is 14.3. The molecule has 0 aliphatic heterocycles. The molecule has 0 spiro atoms. The Labute approximate surface area is 123 Å². The summed E-state index contributed by atoms with van der Waals surface area (Å²) in [5.41, 5.74) is 2.52. The molecule has 0 atom stereocenters. The van der Waals surface area contributed by atoms with Crippen LogP contribution < -0.4 is 10.2 Å². The van der Waals surface area contributed by atoms with E-state index in [0.29, 0.717) is 17.1 Å². The van der Waals surface area contributed by atoms with Gasteiger partial charge in [-0.25, -0.2) is 0 Å². The van der Waals surface area contributed by atoms with Crippen molar-refractivity contribution in [2.24, 2.45) is 0 Å². The molecule has 0 fully saturated rings. The highest BCUT2D eigenvalue weighted by Crippen LogP contribution is 2.28. The molecule has 0 radical (unpaired) electrons. The lowest BCUT2D eigenvalue weighted by molar-refractivity contribution is 0.446. The fourth-order valence-electron chi connectivity index (χ4n) is 1.88. The number of anilines is 2. The van der Waals surface area contributed by atoms with Gasteiger partial charge in [-0.1, -0.05) is 11.6 Å². The van der Waals surface area contributed by atoms with Crippen LogP contribution in [0, 0.1) is 0 Å². The number of nitrogens with zero attached hydrogens (tertiary/aromatic N) is 1. The Morgan fingerprint density at radius 3 is 2.45 bits per heavy atom. The van der Waals surface area contributed by atoms with Crippen molar-refractivity contribution in [3.05, 3.63) is 47.0 Å². The van der Waals surface area contributed by atoms with Gasteiger partial charge in [0.25, 0.3) is 0 Å². The minimum Gasteiger partial charge on any atom is -0.508 e. The number of hydrogen-bond acceptors (Lipinski definition) is 4. The SMILES string of the molecule is CN(C)c1ccc(NCc2ccc(O)cc2O)cc1Cl. The van der Waals surface area contributed by atoms with Crippen LogP contribution in [0.2, 0.25) is 5.02 Å². The average Bonchev–Trinajstić information content (AvgIpc) is 2.37. The van der Waals surface area contributed by atoms with Crippen LogP contribution in [-0.2, 0) is 6.54 Å². The normalized spacial score (nSPS) is 10.3. The van der Waals surface area contributed by atoms with Crippen LogP contribution in [0.15, 0.2) is 36.4 Å². The molecule has 0 aromatic heterocycles. The quantitative estimate of drug-likeness (QED) is 0.808. The third kappa shape index (κ3) is 3.27. The van der Waals surface area contributed by atoms with Gasteiger partial charge in [-0.2, -0.15) is 0 Å². The van der Waals surface area contributed by atoms with Gasteiger partial charge >= 0.3 is 0 Å². The first-order chi connectivity index (χ1) is 9.47. The molecule has 4 nitrogen and oxygen atoms in total. The van der Waals surface area contributed by atoms with Gasteiger partial charge in [0.2, 0.25) is 0 Å². The number of phenols is 2. The number of aromatic hydroxyl groups is 2. The average molecular weight is 293 g/mol. The van der Waals surface area contributed by atoms with Crippen LogP contribution in [0.4, 0.5) is 11.4 Å². The van der Waals surface area contributed by atoms with Crippen molar-refractivity contribution >= 4 is 23.0 Å². The number of rotatable bonds is 4. The molecule has 0 aliphatic carbocycles. The summed E-state index contributed by atoms with van der Waals surface area (Å²) in [5.74, 6) is 0.109. The largest absolute Gasteiger partial charge is 0.508 e. The first-order valence-electron chi connectivity index (χ1n) is 6.19. The molecule has 0 aliphatic rings.